The third kappa shape index (κ3) is 4.86. The molecule has 3 aromatic rings. The third-order valence-corrected chi connectivity index (χ3v) is 6.44. The van der Waals surface area contributed by atoms with E-state index in [9.17, 15) is 9.59 Å². The number of pyridine rings is 1. The number of nitrogens with one attached hydrogen (secondary N) is 1. The molecular formula is C22H22ClN5O2S. The zero-order valence-corrected chi connectivity index (χ0v) is 18.8. The molecule has 7 nitrogen and oxygen atoms in total. The summed E-state index contributed by atoms with van der Waals surface area (Å²) in [6.07, 6.45) is 1.56. The van der Waals surface area contributed by atoms with E-state index < -0.39 is 0 Å². The lowest BCUT2D eigenvalue weighted by molar-refractivity contribution is 0.0750. The van der Waals surface area contributed by atoms with Crippen LogP contribution in [0, 0.1) is 6.92 Å². The number of piperazine rings is 1. The summed E-state index contributed by atoms with van der Waals surface area (Å²) in [5, 5.41) is 4.31. The molecule has 4 rings (SSSR count). The Balaban J connectivity index is 1.38. The van der Waals surface area contributed by atoms with Gasteiger partial charge in [-0.1, -0.05) is 22.9 Å². The Labute approximate surface area is 189 Å². The molecule has 0 aliphatic carbocycles. The number of anilines is 3. The summed E-state index contributed by atoms with van der Waals surface area (Å²) in [5.74, 6) is 0.683. The monoisotopic (exact) mass is 455 g/mol. The van der Waals surface area contributed by atoms with E-state index in [4.69, 9.17) is 11.6 Å². The van der Waals surface area contributed by atoms with Crippen molar-refractivity contribution in [3.8, 4) is 0 Å². The number of carbonyl (C=O) groups is 2. The number of aromatic nitrogens is 2. The second-order valence-corrected chi connectivity index (χ2v) is 8.74. The van der Waals surface area contributed by atoms with Crippen LogP contribution in [-0.4, -0.2) is 52.7 Å². The molecule has 9 heteroatoms. The van der Waals surface area contributed by atoms with Gasteiger partial charge in [0.15, 0.2) is 10.9 Å². The SMILES string of the molecule is CC(=O)c1ccc(N2CCN(C(=O)c3sc(Nc4ccc(Cl)cn4)nc3C)CC2)cc1. The molecule has 31 heavy (non-hydrogen) atoms. The molecule has 3 heterocycles. The molecule has 0 radical (unpaired) electrons. The fourth-order valence-electron chi connectivity index (χ4n) is 3.43. The van der Waals surface area contributed by atoms with Crippen LogP contribution in [0.15, 0.2) is 42.6 Å². The van der Waals surface area contributed by atoms with Gasteiger partial charge in [-0.2, -0.15) is 0 Å². The number of ketones is 1. The molecule has 160 valence electrons. The van der Waals surface area contributed by atoms with Crippen LogP contribution in [0.5, 0.6) is 0 Å². The average Bonchev–Trinajstić information content (AvgIpc) is 3.15. The van der Waals surface area contributed by atoms with E-state index in [0.717, 1.165) is 18.8 Å². The predicted octanol–water partition coefficient (Wildman–Crippen LogP) is 4.41. The average molecular weight is 456 g/mol. The summed E-state index contributed by atoms with van der Waals surface area (Å²) in [7, 11) is 0. The van der Waals surface area contributed by atoms with Crippen molar-refractivity contribution in [2.24, 2.45) is 0 Å². The number of thiazole rings is 1. The van der Waals surface area contributed by atoms with E-state index in [2.05, 4.69) is 20.2 Å². The van der Waals surface area contributed by atoms with Crippen LogP contribution in [0.3, 0.4) is 0 Å². The molecule has 0 saturated carbocycles. The van der Waals surface area contributed by atoms with Crippen LogP contribution in [-0.2, 0) is 0 Å². The first kappa shape index (κ1) is 21.3. The lowest BCUT2D eigenvalue weighted by Gasteiger charge is -2.36. The summed E-state index contributed by atoms with van der Waals surface area (Å²) in [5.41, 5.74) is 2.47. The van der Waals surface area contributed by atoms with Crippen LogP contribution in [0.1, 0.15) is 32.6 Å². The minimum absolute atomic E-state index is 0.00121. The fraction of sp³-hybridized carbons (Fsp3) is 0.273. The highest BCUT2D eigenvalue weighted by Crippen LogP contribution is 2.27. The Morgan fingerprint density at radius 1 is 1.06 bits per heavy atom. The number of amides is 1. The molecule has 1 amide bonds. The molecule has 1 aliphatic rings. The van der Waals surface area contributed by atoms with Gasteiger partial charge in [-0.25, -0.2) is 9.97 Å². The summed E-state index contributed by atoms with van der Waals surface area (Å²) < 4.78 is 0. The van der Waals surface area contributed by atoms with Gasteiger partial charge in [0.05, 0.1) is 10.7 Å². The molecule has 1 saturated heterocycles. The lowest BCUT2D eigenvalue weighted by Crippen LogP contribution is -2.48. The van der Waals surface area contributed by atoms with Gasteiger partial charge in [-0.05, 0) is 50.2 Å². The van der Waals surface area contributed by atoms with E-state index in [1.807, 2.05) is 36.1 Å². The smallest absolute Gasteiger partial charge is 0.266 e. The number of carbonyl (C=O) groups excluding carboxylic acids is 2. The molecular weight excluding hydrogens is 434 g/mol. The highest BCUT2D eigenvalue weighted by molar-refractivity contribution is 7.17. The maximum Gasteiger partial charge on any atom is 0.266 e. The van der Waals surface area contributed by atoms with Crippen molar-refractivity contribution in [2.45, 2.75) is 13.8 Å². The summed E-state index contributed by atoms with van der Waals surface area (Å²) in [4.78, 5) is 37.9. The number of Topliss-reactive ketones (excluding diaryl/α,β-unsaturated/α-hetero) is 1. The summed E-state index contributed by atoms with van der Waals surface area (Å²) >= 11 is 7.20. The molecule has 0 spiro atoms. The first-order valence-corrected chi connectivity index (χ1v) is 11.1. The van der Waals surface area contributed by atoms with E-state index >= 15 is 0 Å². The van der Waals surface area contributed by atoms with E-state index in [-0.39, 0.29) is 11.7 Å². The van der Waals surface area contributed by atoms with Gasteiger partial charge in [0.2, 0.25) is 0 Å². The maximum absolute atomic E-state index is 13.1. The Kier molecular flexibility index (Phi) is 6.20. The first-order valence-electron chi connectivity index (χ1n) is 9.92. The Hall–Kier alpha value is -2.97. The van der Waals surface area contributed by atoms with Crippen LogP contribution < -0.4 is 10.2 Å². The zero-order valence-electron chi connectivity index (χ0n) is 17.3. The molecule has 1 aliphatic heterocycles. The van der Waals surface area contributed by atoms with Crippen molar-refractivity contribution >= 4 is 51.3 Å². The van der Waals surface area contributed by atoms with Crippen molar-refractivity contribution in [1.29, 1.82) is 0 Å². The topological polar surface area (TPSA) is 78.4 Å². The normalized spacial score (nSPS) is 13.9. The van der Waals surface area contributed by atoms with E-state index in [1.54, 1.807) is 25.3 Å². The van der Waals surface area contributed by atoms with Gasteiger partial charge in [0.25, 0.3) is 5.91 Å². The van der Waals surface area contributed by atoms with Gasteiger partial charge in [0, 0.05) is 43.6 Å². The van der Waals surface area contributed by atoms with Crippen LogP contribution in [0.2, 0.25) is 5.02 Å². The highest BCUT2D eigenvalue weighted by atomic mass is 35.5. The molecule has 2 aromatic heterocycles. The Bertz CT molecular complexity index is 1090. The minimum Gasteiger partial charge on any atom is -0.368 e. The molecule has 0 unspecified atom stereocenters. The van der Waals surface area contributed by atoms with Crippen LogP contribution >= 0.6 is 22.9 Å². The van der Waals surface area contributed by atoms with Crippen molar-refractivity contribution in [1.82, 2.24) is 14.9 Å². The standard InChI is InChI=1S/C22H22ClN5O2S/c1-14-20(31-22(25-14)26-19-8-5-17(23)13-24-19)21(30)28-11-9-27(10-12-28)18-6-3-16(4-7-18)15(2)29/h3-8,13H,9-12H2,1-2H3,(H,24,25,26). The molecule has 0 atom stereocenters. The van der Waals surface area contributed by atoms with Crippen molar-refractivity contribution in [3.63, 3.8) is 0 Å². The van der Waals surface area contributed by atoms with E-state index in [0.29, 0.717) is 45.2 Å². The summed E-state index contributed by atoms with van der Waals surface area (Å²) in [6.45, 7) is 6.15. The number of hydrogen-bond donors (Lipinski definition) is 1. The Morgan fingerprint density at radius 2 is 1.77 bits per heavy atom. The molecule has 0 bridgehead atoms. The summed E-state index contributed by atoms with van der Waals surface area (Å²) in [6, 6.07) is 11.1. The zero-order chi connectivity index (χ0) is 22.0. The van der Waals surface area contributed by atoms with Crippen molar-refractivity contribution in [3.05, 3.63) is 63.8 Å². The second-order valence-electron chi connectivity index (χ2n) is 7.30. The predicted molar refractivity (Wildman–Crippen MR) is 124 cm³/mol. The van der Waals surface area contributed by atoms with Crippen molar-refractivity contribution < 1.29 is 9.59 Å². The number of benzene rings is 1. The number of aryl methyl sites for hydroxylation is 1. The number of hydrogen-bond acceptors (Lipinski definition) is 7. The number of nitrogens with zero attached hydrogens (tertiary/aromatic N) is 4. The first-order chi connectivity index (χ1) is 14.9. The van der Waals surface area contributed by atoms with Gasteiger partial charge < -0.3 is 15.1 Å². The van der Waals surface area contributed by atoms with Crippen LogP contribution in [0.4, 0.5) is 16.6 Å². The largest absolute Gasteiger partial charge is 0.368 e. The molecule has 1 aromatic carbocycles. The lowest BCUT2D eigenvalue weighted by atomic mass is 10.1. The quantitative estimate of drug-likeness (QED) is 0.574. The van der Waals surface area contributed by atoms with Crippen LogP contribution in [0.25, 0.3) is 0 Å². The highest BCUT2D eigenvalue weighted by Gasteiger charge is 2.25. The third-order valence-electron chi connectivity index (χ3n) is 5.16. The second kappa shape index (κ2) is 9.03. The minimum atomic E-state index is -0.00121. The fourth-order valence-corrected chi connectivity index (χ4v) is 4.48. The maximum atomic E-state index is 13.1. The van der Waals surface area contributed by atoms with Gasteiger partial charge >= 0.3 is 0 Å². The van der Waals surface area contributed by atoms with Crippen molar-refractivity contribution in [2.75, 3.05) is 36.4 Å². The van der Waals surface area contributed by atoms with Gasteiger partial charge in [0.1, 0.15) is 10.7 Å². The van der Waals surface area contributed by atoms with E-state index in [1.165, 1.54) is 11.3 Å². The number of halogens is 1. The Morgan fingerprint density at radius 3 is 2.39 bits per heavy atom. The molecule has 1 N–H and O–H groups in total. The van der Waals surface area contributed by atoms with Gasteiger partial charge in [-0.3, -0.25) is 9.59 Å². The molecule has 1 fully saturated rings. The van der Waals surface area contributed by atoms with Gasteiger partial charge in [-0.15, -0.1) is 0 Å². The number of rotatable bonds is 5.